The molecule has 0 aromatic heterocycles. The summed E-state index contributed by atoms with van der Waals surface area (Å²) in [6.45, 7) is 2.03. The van der Waals surface area contributed by atoms with E-state index >= 15 is 0 Å². The van der Waals surface area contributed by atoms with Crippen LogP contribution in [0.1, 0.15) is 35.6 Å². The van der Waals surface area contributed by atoms with Crippen LogP contribution < -0.4 is 0 Å². The van der Waals surface area contributed by atoms with Gasteiger partial charge in [-0.1, -0.05) is 72.3 Å². The molecule has 0 bridgehead atoms. The highest BCUT2D eigenvalue weighted by Crippen LogP contribution is 2.35. The molecule has 2 amide bonds. The Morgan fingerprint density at radius 1 is 0.933 bits per heavy atom. The lowest BCUT2D eigenvalue weighted by molar-refractivity contribution is -0.142. The molecule has 2 aromatic rings. The van der Waals surface area contributed by atoms with Crippen molar-refractivity contribution in [3.8, 4) is 0 Å². The van der Waals surface area contributed by atoms with Crippen LogP contribution in [0.15, 0.2) is 66.7 Å². The summed E-state index contributed by atoms with van der Waals surface area (Å²) in [6, 6.07) is 17.9. The predicted molar refractivity (Wildman–Crippen MR) is 113 cm³/mol. The van der Waals surface area contributed by atoms with Gasteiger partial charge < -0.3 is 9.84 Å². The minimum atomic E-state index is -0.942. The molecule has 0 radical (unpaired) electrons. The molecular weight excluding hydrogens is 378 g/mol. The topological polar surface area (TPSA) is 66.8 Å². The van der Waals surface area contributed by atoms with Crippen LogP contribution in [-0.2, 0) is 14.3 Å². The molecule has 1 heterocycles. The lowest BCUT2D eigenvalue weighted by Gasteiger charge is -2.23. The second kappa shape index (κ2) is 8.94. The Balaban J connectivity index is 1.43. The Morgan fingerprint density at radius 2 is 1.50 bits per heavy atom. The van der Waals surface area contributed by atoms with Crippen LogP contribution in [0.3, 0.4) is 0 Å². The molecule has 156 valence electrons. The van der Waals surface area contributed by atoms with E-state index in [0.29, 0.717) is 12.8 Å². The van der Waals surface area contributed by atoms with Crippen molar-refractivity contribution in [3.63, 3.8) is 0 Å². The van der Waals surface area contributed by atoms with Gasteiger partial charge in [-0.05, 0) is 30.9 Å². The van der Waals surface area contributed by atoms with E-state index in [2.05, 4.69) is 0 Å². The summed E-state index contributed by atoms with van der Waals surface area (Å²) in [7, 11) is 0. The largest absolute Gasteiger partial charge is 0.389 e. The van der Waals surface area contributed by atoms with Crippen molar-refractivity contribution in [2.75, 3.05) is 13.2 Å². The Labute approximate surface area is 177 Å². The quantitative estimate of drug-likeness (QED) is 0.566. The molecule has 2 aromatic carbocycles. The van der Waals surface area contributed by atoms with Crippen LogP contribution in [0.5, 0.6) is 0 Å². The first-order valence-electron chi connectivity index (χ1n) is 10.5. The first kappa shape index (κ1) is 20.5. The standard InChI is InChI=1S/C25H27NO4/c1-17-11-13-19(14-12-17)23(18-7-3-2-4-8-18)30-16-20(27)15-26-24(28)21-9-5-6-10-22(21)25(26)29/h2-8,11-14,20-23,27H,9-10,15-16H2,1H3/t20-,21+,22+,23-/m1/s1. The lowest BCUT2D eigenvalue weighted by Crippen LogP contribution is -2.39. The number of likely N-dealkylation sites (tertiary alicyclic amines) is 1. The van der Waals surface area contributed by atoms with Gasteiger partial charge >= 0.3 is 0 Å². The summed E-state index contributed by atoms with van der Waals surface area (Å²) in [6.07, 6.45) is 3.84. The van der Waals surface area contributed by atoms with Crippen molar-refractivity contribution in [1.82, 2.24) is 4.90 Å². The van der Waals surface area contributed by atoms with Crippen LogP contribution in [0.4, 0.5) is 0 Å². The number of carbonyl (C=O) groups is 2. The molecule has 1 N–H and O–H groups in total. The second-order valence-corrected chi connectivity index (χ2v) is 8.13. The van der Waals surface area contributed by atoms with E-state index in [4.69, 9.17) is 4.74 Å². The van der Waals surface area contributed by atoms with Gasteiger partial charge in [-0.3, -0.25) is 14.5 Å². The van der Waals surface area contributed by atoms with Crippen LogP contribution >= 0.6 is 0 Å². The number of amides is 2. The number of imide groups is 1. The molecule has 4 atom stereocenters. The molecule has 0 spiro atoms. The van der Waals surface area contributed by atoms with Crippen LogP contribution in [0, 0.1) is 18.8 Å². The third kappa shape index (κ3) is 4.23. The van der Waals surface area contributed by atoms with Gasteiger partial charge in [0.15, 0.2) is 0 Å². The van der Waals surface area contributed by atoms with Crippen molar-refractivity contribution in [2.45, 2.75) is 32.0 Å². The minimum absolute atomic E-state index is 0.0259. The zero-order valence-electron chi connectivity index (χ0n) is 17.1. The summed E-state index contributed by atoms with van der Waals surface area (Å²) >= 11 is 0. The maximum Gasteiger partial charge on any atom is 0.233 e. The smallest absolute Gasteiger partial charge is 0.233 e. The van der Waals surface area contributed by atoms with E-state index in [0.717, 1.165) is 16.7 Å². The van der Waals surface area contributed by atoms with Crippen LogP contribution in [0.25, 0.3) is 0 Å². The fraction of sp³-hybridized carbons (Fsp3) is 0.360. The average molecular weight is 405 g/mol. The minimum Gasteiger partial charge on any atom is -0.389 e. The third-order valence-electron chi connectivity index (χ3n) is 5.93. The maximum atomic E-state index is 12.6. The van der Waals surface area contributed by atoms with E-state index in [9.17, 15) is 14.7 Å². The fourth-order valence-electron chi connectivity index (χ4n) is 4.27. The summed E-state index contributed by atoms with van der Waals surface area (Å²) in [5, 5.41) is 10.6. The number of β-amino-alcohol motifs (C(OH)–C–C–N with tert-alkyl or cyclic N) is 1. The summed E-state index contributed by atoms with van der Waals surface area (Å²) in [5.41, 5.74) is 3.14. The first-order chi connectivity index (χ1) is 14.5. The first-order valence-corrected chi connectivity index (χ1v) is 10.5. The zero-order valence-corrected chi connectivity index (χ0v) is 17.1. The SMILES string of the molecule is Cc1ccc([C@H](OC[C@H](O)CN2C(=O)[C@H]3CC=CC[C@@H]3C2=O)c2ccccc2)cc1. The molecule has 1 aliphatic heterocycles. The number of aliphatic hydroxyl groups is 1. The number of benzene rings is 2. The molecule has 1 fully saturated rings. The van der Waals surface area contributed by atoms with Crippen molar-refractivity contribution >= 4 is 11.8 Å². The van der Waals surface area contributed by atoms with E-state index in [-0.39, 0.29) is 42.9 Å². The Kier molecular flexibility index (Phi) is 6.11. The molecule has 4 rings (SSSR count). The molecule has 30 heavy (non-hydrogen) atoms. The van der Waals surface area contributed by atoms with Gasteiger partial charge in [-0.2, -0.15) is 0 Å². The van der Waals surface area contributed by atoms with Gasteiger partial charge in [0.1, 0.15) is 6.10 Å². The summed E-state index contributed by atoms with van der Waals surface area (Å²) < 4.78 is 6.10. The molecule has 1 saturated heterocycles. The van der Waals surface area contributed by atoms with E-state index in [1.807, 2.05) is 73.7 Å². The van der Waals surface area contributed by atoms with Crippen molar-refractivity contribution < 1.29 is 19.4 Å². The molecule has 0 unspecified atom stereocenters. The molecular formula is C25H27NO4. The number of rotatable bonds is 7. The molecule has 5 nitrogen and oxygen atoms in total. The Hall–Kier alpha value is -2.76. The molecule has 1 aliphatic carbocycles. The van der Waals surface area contributed by atoms with Gasteiger partial charge in [0.25, 0.3) is 0 Å². The number of nitrogens with zero attached hydrogens (tertiary/aromatic N) is 1. The number of aliphatic hydroxyl groups excluding tert-OH is 1. The Morgan fingerprint density at radius 3 is 2.10 bits per heavy atom. The fourth-order valence-corrected chi connectivity index (χ4v) is 4.27. The van der Waals surface area contributed by atoms with Crippen molar-refractivity contribution in [1.29, 1.82) is 0 Å². The maximum absolute atomic E-state index is 12.6. The van der Waals surface area contributed by atoms with Crippen LogP contribution in [0.2, 0.25) is 0 Å². The van der Waals surface area contributed by atoms with Crippen molar-refractivity contribution in [2.24, 2.45) is 11.8 Å². The third-order valence-corrected chi connectivity index (χ3v) is 5.93. The average Bonchev–Trinajstić information content (AvgIpc) is 3.01. The summed E-state index contributed by atoms with van der Waals surface area (Å²) in [5.74, 6) is -0.904. The number of allylic oxidation sites excluding steroid dienone is 2. The molecule has 0 saturated carbocycles. The van der Waals surface area contributed by atoms with Gasteiger partial charge in [-0.25, -0.2) is 0 Å². The van der Waals surface area contributed by atoms with Crippen LogP contribution in [-0.4, -0.2) is 41.1 Å². The lowest BCUT2D eigenvalue weighted by atomic mass is 9.85. The predicted octanol–water partition coefficient (Wildman–Crippen LogP) is 3.41. The van der Waals surface area contributed by atoms with Gasteiger partial charge in [0, 0.05) is 0 Å². The molecule has 5 heteroatoms. The highest BCUT2D eigenvalue weighted by atomic mass is 16.5. The van der Waals surface area contributed by atoms with Gasteiger partial charge in [0.2, 0.25) is 11.8 Å². The number of aryl methyl sites for hydroxylation is 1. The number of hydrogen-bond acceptors (Lipinski definition) is 4. The second-order valence-electron chi connectivity index (χ2n) is 8.13. The van der Waals surface area contributed by atoms with Gasteiger partial charge in [0.05, 0.1) is 31.1 Å². The number of fused-ring (bicyclic) bond motifs is 1. The molecule has 2 aliphatic rings. The number of ether oxygens (including phenoxy) is 1. The highest BCUT2D eigenvalue weighted by Gasteiger charge is 2.47. The highest BCUT2D eigenvalue weighted by molar-refractivity contribution is 6.05. The number of hydrogen-bond donors (Lipinski definition) is 1. The normalized spacial score (nSPS) is 22.8. The zero-order chi connectivity index (χ0) is 21.1. The van der Waals surface area contributed by atoms with Crippen molar-refractivity contribution in [3.05, 3.63) is 83.4 Å². The van der Waals surface area contributed by atoms with E-state index < -0.39 is 6.10 Å². The summed E-state index contributed by atoms with van der Waals surface area (Å²) in [4.78, 5) is 26.5. The van der Waals surface area contributed by atoms with E-state index in [1.54, 1.807) is 0 Å². The Bertz CT molecular complexity index is 896. The van der Waals surface area contributed by atoms with E-state index in [1.165, 1.54) is 4.90 Å². The van der Waals surface area contributed by atoms with Gasteiger partial charge in [-0.15, -0.1) is 0 Å². The monoisotopic (exact) mass is 405 g/mol. The number of carbonyl (C=O) groups excluding carboxylic acids is 2.